The summed E-state index contributed by atoms with van der Waals surface area (Å²) in [6.07, 6.45) is 0. The molecule has 0 saturated carbocycles. The summed E-state index contributed by atoms with van der Waals surface area (Å²) in [5.74, 6) is 0. The van der Waals surface area contributed by atoms with Crippen LogP contribution in [0.5, 0.6) is 0 Å². The van der Waals surface area contributed by atoms with Crippen LogP contribution in [0.1, 0.15) is 52.7 Å². The standard InChI is InChI=1S/C68H54BClN2/c1-67(2,3)48-37-47(38-49(41-48)68(4,5)6)46-29-33-58-63(40-46)72-60-28-18-17-27-55(60)53-25-15-13-23-51(53)52-24-14-16-26-54(52)56-32-36-62-65(66(56)72)69(58)59-34-31-50(70)42-64(59)71(62)61-35-30-45(43-19-9-7-10-20-43)39-57(61)44-21-11-8-12-22-44/h7-42H,1-6H3. The fraction of sp³-hybridized carbons (Fsp3) is 0.118. The number of hydrogen-bond acceptors (Lipinski definition) is 1. The predicted octanol–water partition coefficient (Wildman–Crippen LogP) is 17.1. The molecule has 0 atom stereocenters. The molecule has 3 heterocycles. The number of fused-ring (bicyclic) bond motifs is 12. The molecule has 0 aliphatic carbocycles. The van der Waals surface area contributed by atoms with Crippen LogP contribution >= 0.6 is 11.6 Å². The molecule has 2 nitrogen and oxygen atoms in total. The normalized spacial score (nSPS) is 12.9. The highest BCUT2D eigenvalue weighted by Gasteiger charge is 2.42. The number of nitrogens with zero attached hydrogens (tertiary/aromatic N) is 2. The SMILES string of the molecule is CC(C)(C)c1cc(-c2ccc3c(c2)-n2c4ccccc4c4ccccc4c4ccccc4c4ccc5c(c42)B3c2ccc(Cl)cc2N5c2ccc(-c3ccccc3)cc2-c2ccccc2)cc(C(C)(C)C)c1. The monoisotopic (exact) mass is 944 g/mol. The molecule has 0 bridgehead atoms. The third-order valence-corrected chi connectivity index (χ3v) is 15.6. The van der Waals surface area contributed by atoms with Crippen LogP contribution in [-0.2, 0) is 10.8 Å². The van der Waals surface area contributed by atoms with Gasteiger partial charge in [-0.3, -0.25) is 0 Å². The highest BCUT2D eigenvalue weighted by atomic mass is 35.5. The van der Waals surface area contributed by atoms with Crippen molar-refractivity contribution in [1.29, 1.82) is 0 Å². The van der Waals surface area contributed by atoms with E-state index in [0.717, 1.165) is 33.7 Å². The minimum absolute atomic E-state index is 0.0311. The number of rotatable bonds is 4. The van der Waals surface area contributed by atoms with Crippen LogP contribution in [0.3, 0.4) is 0 Å². The number of hydrogen-bond donors (Lipinski definition) is 0. The maximum Gasteiger partial charge on any atom is 0.252 e. The van der Waals surface area contributed by atoms with Gasteiger partial charge in [-0.1, -0.05) is 229 Å². The quantitative estimate of drug-likeness (QED) is 0.160. The van der Waals surface area contributed by atoms with Crippen molar-refractivity contribution in [1.82, 2.24) is 4.57 Å². The van der Waals surface area contributed by atoms with Crippen molar-refractivity contribution < 1.29 is 0 Å². The van der Waals surface area contributed by atoms with Crippen LogP contribution in [0.15, 0.2) is 218 Å². The highest BCUT2D eigenvalue weighted by Crippen LogP contribution is 2.47. The fourth-order valence-corrected chi connectivity index (χ4v) is 11.9. The number of aromatic nitrogens is 1. The largest absolute Gasteiger partial charge is 0.311 e. The number of benzene rings is 10. The second kappa shape index (κ2) is 16.6. The van der Waals surface area contributed by atoms with Crippen LogP contribution in [0.25, 0.3) is 82.4 Å². The topological polar surface area (TPSA) is 8.17 Å². The van der Waals surface area contributed by atoms with E-state index in [-0.39, 0.29) is 17.5 Å². The Labute approximate surface area is 428 Å². The van der Waals surface area contributed by atoms with Gasteiger partial charge in [-0.25, -0.2) is 0 Å². The number of para-hydroxylation sites is 1. The van der Waals surface area contributed by atoms with Gasteiger partial charge in [0.1, 0.15) is 0 Å². The van der Waals surface area contributed by atoms with E-state index in [4.69, 9.17) is 11.6 Å². The molecule has 10 aromatic carbocycles. The summed E-state index contributed by atoms with van der Waals surface area (Å²) >= 11 is 7.19. The molecule has 0 N–H and O–H groups in total. The Morgan fingerprint density at radius 3 is 1.53 bits per heavy atom. The van der Waals surface area contributed by atoms with E-state index in [1.165, 1.54) is 93.3 Å². The molecule has 0 amide bonds. The number of anilines is 3. The zero-order chi connectivity index (χ0) is 49.0. The molecule has 72 heavy (non-hydrogen) atoms. The Kier molecular flexibility index (Phi) is 10.2. The molecular weight excluding hydrogens is 891 g/mol. The Bertz CT molecular complexity index is 4050. The average molecular weight is 945 g/mol. The molecule has 1 aromatic heterocycles. The summed E-state index contributed by atoms with van der Waals surface area (Å²) in [7, 11) is 0. The van der Waals surface area contributed by atoms with Crippen molar-refractivity contribution >= 4 is 95.1 Å². The Morgan fingerprint density at radius 2 is 0.875 bits per heavy atom. The Hall–Kier alpha value is -7.85. The van der Waals surface area contributed by atoms with Crippen molar-refractivity contribution in [3.63, 3.8) is 0 Å². The molecule has 346 valence electrons. The first-order valence-corrected chi connectivity index (χ1v) is 25.7. The van der Waals surface area contributed by atoms with Gasteiger partial charge in [-0.15, -0.1) is 0 Å². The molecule has 4 heteroatoms. The second-order valence-electron chi connectivity index (χ2n) is 21.8. The first-order valence-electron chi connectivity index (χ1n) is 25.3. The Morgan fingerprint density at radius 1 is 0.361 bits per heavy atom. The maximum absolute atomic E-state index is 7.19. The number of halogens is 1. The highest BCUT2D eigenvalue weighted by molar-refractivity contribution is 7.00. The molecule has 0 radical (unpaired) electrons. The second-order valence-corrected chi connectivity index (χ2v) is 22.3. The lowest BCUT2D eigenvalue weighted by Crippen LogP contribution is -2.60. The molecular formula is C68H54BClN2. The molecule has 13 rings (SSSR count). The predicted molar refractivity (Wildman–Crippen MR) is 311 cm³/mol. The van der Waals surface area contributed by atoms with E-state index in [0.29, 0.717) is 5.02 Å². The zero-order valence-electron chi connectivity index (χ0n) is 41.6. The average Bonchev–Trinajstić information content (AvgIpc) is 3.44. The van der Waals surface area contributed by atoms with E-state index >= 15 is 0 Å². The lowest BCUT2D eigenvalue weighted by Gasteiger charge is -2.41. The van der Waals surface area contributed by atoms with Crippen molar-refractivity contribution in [2.24, 2.45) is 0 Å². The molecule has 0 saturated heterocycles. The van der Waals surface area contributed by atoms with Gasteiger partial charge >= 0.3 is 0 Å². The van der Waals surface area contributed by atoms with Crippen LogP contribution in [0.4, 0.5) is 17.1 Å². The minimum Gasteiger partial charge on any atom is -0.311 e. The van der Waals surface area contributed by atoms with Gasteiger partial charge in [0.25, 0.3) is 6.71 Å². The summed E-state index contributed by atoms with van der Waals surface area (Å²) in [5, 5.41) is 7.94. The van der Waals surface area contributed by atoms with E-state index < -0.39 is 0 Å². The minimum atomic E-state index is -0.115. The third-order valence-electron chi connectivity index (χ3n) is 15.4. The van der Waals surface area contributed by atoms with Crippen molar-refractivity contribution in [3.8, 4) is 39.1 Å². The van der Waals surface area contributed by atoms with Gasteiger partial charge in [0.2, 0.25) is 0 Å². The molecule has 0 unspecified atom stereocenters. The lowest BCUT2D eigenvalue weighted by atomic mass is 9.33. The van der Waals surface area contributed by atoms with Gasteiger partial charge < -0.3 is 9.47 Å². The van der Waals surface area contributed by atoms with Gasteiger partial charge in [0, 0.05) is 38.4 Å². The van der Waals surface area contributed by atoms with Gasteiger partial charge in [0.05, 0.1) is 16.7 Å². The molecule has 0 fully saturated rings. The van der Waals surface area contributed by atoms with Gasteiger partial charge in [-0.05, 0) is 130 Å². The van der Waals surface area contributed by atoms with Crippen molar-refractivity contribution in [3.05, 3.63) is 235 Å². The molecule has 11 aromatic rings. The van der Waals surface area contributed by atoms with Crippen LogP contribution in [0, 0.1) is 0 Å². The van der Waals surface area contributed by atoms with Gasteiger partial charge in [0.15, 0.2) is 0 Å². The van der Waals surface area contributed by atoms with E-state index in [9.17, 15) is 0 Å². The fourth-order valence-electron chi connectivity index (χ4n) is 11.7. The van der Waals surface area contributed by atoms with Crippen LogP contribution in [0.2, 0.25) is 5.02 Å². The summed E-state index contributed by atoms with van der Waals surface area (Å²) in [4.78, 5) is 2.51. The first kappa shape index (κ1) is 44.1. The lowest BCUT2D eigenvalue weighted by molar-refractivity contribution is 0.569. The van der Waals surface area contributed by atoms with Crippen molar-refractivity contribution in [2.75, 3.05) is 4.90 Å². The smallest absolute Gasteiger partial charge is 0.252 e. The van der Waals surface area contributed by atoms with Crippen molar-refractivity contribution in [2.45, 2.75) is 52.4 Å². The molecule has 2 aliphatic rings. The summed E-state index contributed by atoms with van der Waals surface area (Å²) in [5.41, 5.74) is 20.3. The molecule has 0 spiro atoms. The summed E-state index contributed by atoms with van der Waals surface area (Å²) in [6, 6.07) is 81.6. The molecule has 2 aliphatic heterocycles. The van der Waals surface area contributed by atoms with E-state index in [1.807, 2.05) is 0 Å². The third kappa shape index (κ3) is 7.08. The first-order chi connectivity index (χ1) is 34.9. The van der Waals surface area contributed by atoms with Crippen LogP contribution in [-0.4, -0.2) is 11.3 Å². The Balaban J connectivity index is 1.22. The van der Waals surface area contributed by atoms with Gasteiger partial charge in [-0.2, -0.15) is 0 Å². The maximum atomic E-state index is 7.19. The summed E-state index contributed by atoms with van der Waals surface area (Å²) < 4.78 is 2.63. The van der Waals surface area contributed by atoms with E-state index in [1.54, 1.807) is 0 Å². The van der Waals surface area contributed by atoms with Crippen LogP contribution < -0.4 is 21.3 Å². The van der Waals surface area contributed by atoms with E-state index in [2.05, 4.69) is 269 Å². The summed E-state index contributed by atoms with van der Waals surface area (Å²) in [6.45, 7) is 13.8. The zero-order valence-corrected chi connectivity index (χ0v) is 42.4.